The van der Waals surface area contributed by atoms with Gasteiger partial charge < -0.3 is 8.98 Å². The van der Waals surface area contributed by atoms with E-state index in [1.54, 1.807) is 0 Å². The summed E-state index contributed by atoms with van der Waals surface area (Å²) >= 11 is 0. The standard InChI is InChI=1S/C60H37N7O/c1-4-17-38(18-5-1)55-61-56(39-19-6-2-7-20-39)63-58(62-55)43-24-14-23-41(35-43)42-33-34-52-49(37-42)54-48(29-16-32-53(54)68-52)60-65-57(40-21-8-3-9-22-40)64-59(66-60)44-25-15-26-45(36-44)67-50-30-12-10-27-46(50)47-28-11-13-31-51(47)67/h1-37H. The molecule has 8 nitrogen and oxygen atoms in total. The molecule has 0 radical (unpaired) electrons. The number of furan rings is 1. The molecule has 0 aliphatic heterocycles. The van der Waals surface area contributed by atoms with Gasteiger partial charge in [0, 0.05) is 60.6 Å². The average Bonchev–Trinajstić information content (AvgIpc) is 3.97. The van der Waals surface area contributed by atoms with Gasteiger partial charge in [0.15, 0.2) is 34.9 Å². The first-order valence-corrected chi connectivity index (χ1v) is 22.5. The molecule has 4 heterocycles. The van der Waals surface area contributed by atoms with Crippen LogP contribution in [0.25, 0.3) is 129 Å². The lowest BCUT2D eigenvalue weighted by molar-refractivity contribution is 0.669. The first kappa shape index (κ1) is 39.0. The molecule has 4 aromatic heterocycles. The Balaban J connectivity index is 0.939. The summed E-state index contributed by atoms with van der Waals surface area (Å²) in [4.78, 5) is 30.5. The van der Waals surface area contributed by atoms with E-state index in [0.29, 0.717) is 34.9 Å². The third-order valence-electron chi connectivity index (χ3n) is 12.5. The molecule has 9 aromatic carbocycles. The Morgan fingerprint density at radius 3 is 1.31 bits per heavy atom. The predicted octanol–water partition coefficient (Wildman–Crippen LogP) is 14.7. The van der Waals surface area contributed by atoms with Gasteiger partial charge in [0.2, 0.25) is 0 Å². The first-order chi connectivity index (χ1) is 33.7. The van der Waals surface area contributed by atoms with E-state index in [1.165, 1.54) is 10.8 Å². The lowest BCUT2D eigenvalue weighted by Gasteiger charge is -2.12. The van der Waals surface area contributed by atoms with E-state index in [4.69, 9.17) is 34.3 Å². The summed E-state index contributed by atoms with van der Waals surface area (Å²) in [6.07, 6.45) is 0. The van der Waals surface area contributed by atoms with Crippen LogP contribution in [0.4, 0.5) is 0 Å². The Morgan fingerprint density at radius 2 is 0.721 bits per heavy atom. The topological polar surface area (TPSA) is 95.4 Å². The van der Waals surface area contributed by atoms with Gasteiger partial charge in [0.1, 0.15) is 11.2 Å². The summed E-state index contributed by atoms with van der Waals surface area (Å²) in [7, 11) is 0. The number of rotatable bonds is 8. The molecule has 0 N–H and O–H groups in total. The Hall–Kier alpha value is -9.40. The summed E-state index contributed by atoms with van der Waals surface area (Å²) in [5, 5.41) is 4.29. The van der Waals surface area contributed by atoms with Crippen molar-refractivity contribution in [1.29, 1.82) is 0 Å². The smallest absolute Gasteiger partial charge is 0.164 e. The fourth-order valence-electron chi connectivity index (χ4n) is 9.29. The highest BCUT2D eigenvalue weighted by atomic mass is 16.3. The summed E-state index contributed by atoms with van der Waals surface area (Å²) in [5.74, 6) is 3.53. The predicted molar refractivity (Wildman–Crippen MR) is 273 cm³/mol. The summed E-state index contributed by atoms with van der Waals surface area (Å²) in [6.45, 7) is 0. The third kappa shape index (κ3) is 6.87. The molecule has 0 unspecified atom stereocenters. The molecule has 0 aliphatic rings. The van der Waals surface area contributed by atoms with Crippen molar-refractivity contribution in [3.05, 3.63) is 224 Å². The lowest BCUT2D eigenvalue weighted by Crippen LogP contribution is -2.01. The Labute approximate surface area is 390 Å². The van der Waals surface area contributed by atoms with Crippen LogP contribution in [0, 0.1) is 0 Å². The normalized spacial score (nSPS) is 11.5. The van der Waals surface area contributed by atoms with E-state index in [9.17, 15) is 0 Å². The molecule has 0 amide bonds. The molecule has 0 fully saturated rings. The zero-order chi connectivity index (χ0) is 45.0. The summed E-state index contributed by atoms with van der Waals surface area (Å²) in [5.41, 5.74) is 12.2. The molecule has 13 aromatic rings. The number of benzene rings is 9. The lowest BCUT2D eigenvalue weighted by atomic mass is 9.99. The van der Waals surface area contributed by atoms with Gasteiger partial charge >= 0.3 is 0 Å². The van der Waals surface area contributed by atoms with Crippen molar-refractivity contribution in [3.8, 4) is 85.1 Å². The highest BCUT2D eigenvalue weighted by molar-refractivity contribution is 6.13. The van der Waals surface area contributed by atoms with E-state index in [-0.39, 0.29) is 0 Å². The molecule has 0 aliphatic carbocycles. The molecule has 0 spiro atoms. The van der Waals surface area contributed by atoms with Gasteiger partial charge in [-0.2, -0.15) is 0 Å². The van der Waals surface area contributed by atoms with Gasteiger partial charge in [-0.25, -0.2) is 29.9 Å². The molecule has 0 saturated heterocycles. The molecule has 8 heteroatoms. The van der Waals surface area contributed by atoms with E-state index < -0.39 is 0 Å². The van der Waals surface area contributed by atoms with Crippen LogP contribution in [0.3, 0.4) is 0 Å². The number of hydrogen-bond acceptors (Lipinski definition) is 7. The largest absolute Gasteiger partial charge is 0.456 e. The van der Waals surface area contributed by atoms with Gasteiger partial charge in [-0.15, -0.1) is 0 Å². The SMILES string of the molecule is c1ccc(-c2nc(-c3ccccc3)nc(-c3cccc(-c4ccc5oc6cccc(-c7nc(-c8ccccc8)nc(-c8cccc(-n9c%10ccccc%10c%10ccccc%109)c8)n7)c6c5c4)c3)n2)cc1. The Morgan fingerprint density at radius 1 is 0.279 bits per heavy atom. The molecule has 0 saturated carbocycles. The van der Waals surface area contributed by atoms with Crippen LogP contribution >= 0.6 is 0 Å². The second-order valence-corrected chi connectivity index (χ2v) is 16.7. The fraction of sp³-hybridized carbons (Fsp3) is 0. The molecular formula is C60H37N7O. The van der Waals surface area contributed by atoms with Gasteiger partial charge in [0.25, 0.3) is 0 Å². The maximum Gasteiger partial charge on any atom is 0.164 e. The first-order valence-electron chi connectivity index (χ1n) is 22.5. The minimum atomic E-state index is 0.551. The van der Waals surface area contributed by atoms with Gasteiger partial charge in [-0.1, -0.05) is 176 Å². The van der Waals surface area contributed by atoms with Crippen LogP contribution in [0.15, 0.2) is 229 Å². The van der Waals surface area contributed by atoms with E-state index in [1.807, 2.05) is 115 Å². The third-order valence-corrected chi connectivity index (χ3v) is 12.5. The molecule has 0 bridgehead atoms. The van der Waals surface area contributed by atoms with Crippen molar-refractivity contribution in [2.45, 2.75) is 0 Å². The number of hydrogen-bond donors (Lipinski definition) is 0. The Bertz CT molecular complexity index is 3920. The van der Waals surface area contributed by atoms with Crippen LogP contribution in [0.5, 0.6) is 0 Å². The fourth-order valence-corrected chi connectivity index (χ4v) is 9.29. The Kier molecular flexibility index (Phi) is 9.31. The van der Waals surface area contributed by atoms with Gasteiger partial charge in [-0.05, 0) is 59.7 Å². The van der Waals surface area contributed by atoms with Crippen LogP contribution in [0.1, 0.15) is 0 Å². The van der Waals surface area contributed by atoms with E-state index in [2.05, 4.69) is 114 Å². The second kappa shape index (κ2) is 16.2. The van der Waals surface area contributed by atoms with Crippen LogP contribution < -0.4 is 0 Å². The average molecular weight is 872 g/mol. The number of nitrogens with zero attached hydrogens (tertiary/aromatic N) is 7. The van der Waals surface area contributed by atoms with Crippen molar-refractivity contribution in [1.82, 2.24) is 34.5 Å². The maximum atomic E-state index is 6.57. The maximum absolute atomic E-state index is 6.57. The van der Waals surface area contributed by atoms with E-state index >= 15 is 0 Å². The molecular weight excluding hydrogens is 835 g/mol. The minimum absolute atomic E-state index is 0.551. The number of fused-ring (bicyclic) bond motifs is 6. The van der Waals surface area contributed by atoms with Gasteiger partial charge in [0.05, 0.1) is 11.0 Å². The minimum Gasteiger partial charge on any atom is -0.456 e. The van der Waals surface area contributed by atoms with E-state index in [0.717, 1.165) is 83.2 Å². The van der Waals surface area contributed by atoms with Crippen molar-refractivity contribution < 1.29 is 4.42 Å². The van der Waals surface area contributed by atoms with Crippen molar-refractivity contribution in [3.63, 3.8) is 0 Å². The van der Waals surface area contributed by atoms with Crippen molar-refractivity contribution in [2.75, 3.05) is 0 Å². The number of para-hydroxylation sites is 2. The molecule has 318 valence electrons. The molecule has 13 rings (SSSR count). The summed E-state index contributed by atoms with van der Waals surface area (Å²) < 4.78 is 8.88. The van der Waals surface area contributed by atoms with Crippen molar-refractivity contribution >= 4 is 43.7 Å². The molecule has 68 heavy (non-hydrogen) atoms. The zero-order valence-corrected chi connectivity index (χ0v) is 36.4. The summed E-state index contributed by atoms with van der Waals surface area (Å²) in [6, 6.07) is 76.5. The monoisotopic (exact) mass is 871 g/mol. The van der Waals surface area contributed by atoms with Crippen LogP contribution in [0.2, 0.25) is 0 Å². The second-order valence-electron chi connectivity index (χ2n) is 16.7. The van der Waals surface area contributed by atoms with Crippen molar-refractivity contribution in [2.24, 2.45) is 0 Å². The highest BCUT2D eigenvalue weighted by Crippen LogP contribution is 2.40. The number of aromatic nitrogens is 7. The highest BCUT2D eigenvalue weighted by Gasteiger charge is 2.20. The quantitative estimate of drug-likeness (QED) is 0.150. The zero-order valence-electron chi connectivity index (χ0n) is 36.4. The van der Waals surface area contributed by atoms with Gasteiger partial charge in [-0.3, -0.25) is 0 Å². The van der Waals surface area contributed by atoms with Crippen LogP contribution in [-0.4, -0.2) is 34.5 Å². The molecule has 0 atom stereocenters. The van der Waals surface area contributed by atoms with Crippen LogP contribution in [-0.2, 0) is 0 Å².